The molecule has 79 heavy (non-hydrogen) atoms. The maximum absolute atomic E-state index is 14.8. The van der Waals surface area contributed by atoms with Gasteiger partial charge in [0.1, 0.15) is 35.5 Å². The van der Waals surface area contributed by atoms with Crippen molar-refractivity contribution in [3.8, 4) is 23.3 Å². The molecule has 2 saturated heterocycles. The Balaban J connectivity index is 0.000000211. The maximum atomic E-state index is 14.8. The first kappa shape index (κ1) is 62.3. The zero-order chi connectivity index (χ0) is 59.0. The summed E-state index contributed by atoms with van der Waals surface area (Å²) in [6.07, 6.45) is 12.9. The summed E-state index contributed by atoms with van der Waals surface area (Å²) >= 11 is 3.06. The van der Waals surface area contributed by atoms with Crippen LogP contribution in [-0.4, -0.2) is 71.9 Å². The molecule has 2 atom stereocenters. The van der Waals surface area contributed by atoms with E-state index in [4.69, 9.17) is 33.5 Å². The van der Waals surface area contributed by atoms with E-state index in [0.29, 0.717) is 43.7 Å². The molecule has 4 aromatic heterocycles. The number of nitriles is 2. The van der Waals surface area contributed by atoms with E-state index in [1.807, 2.05) is 88.3 Å². The van der Waals surface area contributed by atoms with E-state index < -0.39 is 75.5 Å². The van der Waals surface area contributed by atoms with Crippen molar-refractivity contribution < 1.29 is 37.2 Å². The average molecular weight is 1140 g/mol. The molecule has 0 saturated carbocycles. The van der Waals surface area contributed by atoms with Crippen LogP contribution in [0.4, 0.5) is 8.78 Å². The summed E-state index contributed by atoms with van der Waals surface area (Å²) in [5.74, 6) is -0.756. The summed E-state index contributed by atoms with van der Waals surface area (Å²) in [5, 5.41) is 29.7. The van der Waals surface area contributed by atoms with E-state index in [1.54, 1.807) is 101 Å². The molecule has 8 rings (SSSR count). The topological polar surface area (TPSA) is 191 Å². The fraction of sp³-hybridized carbons (Fsp3) is 0.467. The molecule has 2 unspecified atom stereocenters. The zero-order valence-corrected chi connectivity index (χ0v) is 50.3. The van der Waals surface area contributed by atoms with E-state index in [9.17, 15) is 19.1 Å². The van der Waals surface area contributed by atoms with Crippen molar-refractivity contribution >= 4 is 35.8 Å². The van der Waals surface area contributed by atoms with Crippen LogP contribution in [0.15, 0.2) is 115 Å². The number of aliphatic hydroxyl groups is 1. The fourth-order valence-corrected chi connectivity index (χ4v) is 9.08. The van der Waals surface area contributed by atoms with Crippen LogP contribution >= 0.6 is 15.9 Å². The Morgan fingerprint density at radius 1 is 0.544 bits per heavy atom. The van der Waals surface area contributed by atoms with Crippen LogP contribution < -0.4 is 5.46 Å². The summed E-state index contributed by atoms with van der Waals surface area (Å²) in [7, 11) is -1.43. The van der Waals surface area contributed by atoms with Gasteiger partial charge in [-0.15, -0.1) is 0 Å². The van der Waals surface area contributed by atoms with Gasteiger partial charge in [0.15, 0.2) is 0 Å². The van der Waals surface area contributed by atoms with Crippen molar-refractivity contribution in [2.45, 2.75) is 169 Å². The third kappa shape index (κ3) is 12.7. The number of aromatic nitrogens is 6. The Kier molecular flexibility index (Phi) is 17.8. The monoisotopic (exact) mass is 1140 g/mol. The normalized spacial score (nSPS) is 18.1. The van der Waals surface area contributed by atoms with Gasteiger partial charge in [-0.2, -0.15) is 10.5 Å². The molecule has 1 N–H and O–H groups in total. The number of pyridine rings is 2. The molecule has 2 aliphatic rings. The molecule has 0 aliphatic carbocycles. The third-order valence-corrected chi connectivity index (χ3v) is 16.2. The number of hydrogen-bond acceptors (Lipinski definition) is 14. The summed E-state index contributed by atoms with van der Waals surface area (Å²) in [5.41, 5.74) is -1.48. The van der Waals surface area contributed by atoms with Crippen molar-refractivity contribution in [3.63, 3.8) is 0 Å². The van der Waals surface area contributed by atoms with Gasteiger partial charge in [-0.1, -0.05) is 71.9 Å². The molecule has 0 spiro atoms. The average Bonchev–Trinajstić information content (AvgIpc) is 3.84. The zero-order valence-electron chi connectivity index (χ0n) is 48.7. The lowest BCUT2D eigenvalue weighted by Gasteiger charge is -2.44. The van der Waals surface area contributed by atoms with E-state index in [1.165, 1.54) is 24.8 Å². The van der Waals surface area contributed by atoms with Gasteiger partial charge in [-0.3, -0.25) is 9.97 Å². The van der Waals surface area contributed by atoms with E-state index in [-0.39, 0.29) is 5.82 Å². The largest absolute Gasteiger partial charge is 0.641 e. The van der Waals surface area contributed by atoms with Crippen LogP contribution in [0.3, 0.4) is 0 Å². The lowest BCUT2D eigenvalue weighted by molar-refractivity contribution is -0.0465. The Morgan fingerprint density at radius 2 is 1.00 bits per heavy atom. The van der Waals surface area contributed by atoms with Crippen molar-refractivity contribution in [2.75, 3.05) is 0 Å². The highest BCUT2D eigenvalue weighted by molar-refractivity contribution is 9.10. The highest BCUT2D eigenvalue weighted by Gasteiger charge is 2.59. The first-order valence-corrected chi connectivity index (χ1v) is 26.8. The van der Waals surface area contributed by atoms with E-state index in [2.05, 4.69) is 73.8 Å². The highest BCUT2D eigenvalue weighted by Crippen LogP contribution is 2.50. The first-order chi connectivity index (χ1) is 36.4. The maximum Gasteiger partial charge on any atom is 0.641 e. The summed E-state index contributed by atoms with van der Waals surface area (Å²) < 4.78 is 60.1. The second kappa shape index (κ2) is 22.6. The molecule has 0 bridgehead atoms. The molecule has 6 aromatic rings. The van der Waals surface area contributed by atoms with Gasteiger partial charge in [0, 0.05) is 70.3 Å². The minimum Gasteiger partial charge on any atom is -0.399 e. The van der Waals surface area contributed by atoms with E-state index in [0.717, 1.165) is 11.0 Å². The molecule has 6 heterocycles. The van der Waals surface area contributed by atoms with Crippen molar-refractivity contribution in [1.29, 1.82) is 10.5 Å². The van der Waals surface area contributed by atoms with Crippen molar-refractivity contribution in [2.24, 2.45) is 10.8 Å². The minimum absolute atomic E-state index is 0.333. The molecule has 2 aromatic carbocycles. The highest BCUT2D eigenvalue weighted by atomic mass is 79.9. The van der Waals surface area contributed by atoms with Crippen LogP contribution in [0.5, 0.6) is 0 Å². The van der Waals surface area contributed by atoms with Crippen molar-refractivity contribution in [1.82, 2.24) is 29.9 Å². The van der Waals surface area contributed by atoms with Gasteiger partial charge in [-0.05, 0) is 146 Å². The molecule has 0 radical (unpaired) electrons. The minimum atomic E-state index is -1.42. The van der Waals surface area contributed by atoms with Gasteiger partial charge in [0.2, 0.25) is 0 Å². The Morgan fingerprint density at radius 3 is 1.42 bits per heavy atom. The SMILES string of the molecule is CC(C)(C#N)c1ccc(-c2ccc(C(O)(c3cncnc3)C(C)(C)C)nc2)c(F)c1.CC(C)(C#N)c1ccc(Br)c(F)c1.CC(C)(C)C(OB1OC(C)(C)C(C)(C)O1)(c1cncnc1)c1ccc(B2OC(C)(C)C(C)(C)O2)cn1. The second-order valence-electron chi connectivity index (χ2n) is 25.1. The lowest BCUT2D eigenvalue weighted by atomic mass is 9.69. The second-order valence-corrected chi connectivity index (χ2v) is 26.0. The number of nitrogens with zero attached hydrogens (tertiary/aromatic N) is 8. The standard InChI is InChI=1S/C26H39B2N3O5.C24H25FN4O.C10H9BrFN/c1-21(2,3)26(18-14-29-17-30-15-18,36-28-34-24(8,9)25(10,11)35-28)20-13-12-19(16-31-20)27-32-22(4,5)23(6,7)33-27;1-22(2,3)24(30,18-12-27-15-28-13-18)21-9-6-16(11-29-21)19-8-7-17(10-20(19)25)23(4,5)14-26;1-10(2,6-13)7-3-4-8(11)9(12)5-7/h12-17H,1-11H3;6-13,15,30H,1-5H3;3-5H,1-2H3. The van der Waals surface area contributed by atoms with E-state index >= 15 is 0 Å². The van der Waals surface area contributed by atoms with Crippen LogP contribution in [0, 0.1) is 45.1 Å². The van der Waals surface area contributed by atoms with Crippen LogP contribution in [0.1, 0.15) is 158 Å². The van der Waals surface area contributed by atoms with Gasteiger partial charge < -0.3 is 28.4 Å². The molecular weight excluding hydrogens is 1070 g/mol. The molecule has 14 nitrogen and oxygen atoms in total. The molecule has 0 amide bonds. The predicted molar refractivity (Wildman–Crippen MR) is 305 cm³/mol. The first-order valence-electron chi connectivity index (χ1n) is 26.0. The van der Waals surface area contributed by atoms with Crippen molar-refractivity contribution in [3.05, 3.63) is 160 Å². The molecular formula is C60H73B2BrF2N8O6. The molecule has 2 fully saturated rings. The number of hydrogen-bond donors (Lipinski definition) is 1. The van der Waals surface area contributed by atoms with Gasteiger partial charge >= 0.3 is 14.4 Å². The molecule has 19 heteroatoms. The summed E-state index contributed by atoms with van der Waals surface area (Å²) in [6, 6.07) is 21.2. The Bertz CT molecular complexity index is 3150. The number of halogens is 3. The van der Waals surface area contributed by atoms with Gasteiger partial charge in [0.05, 0.1) is 61.2 Å². The van der Waals surface area contributed by atoms with Crippen LogP contribution in [0.25, 0.3) is 11.1 Å². The quantitative estimate of drug-likeness (QED) is 0.127. The third-order valence-electron chi connectivity index (χ3n) is 15.6. The van der Waals surface area contributed by atoms with Gasteiger partial charge in [0.25, 0.3) is 0 Å². The Labute approximate surface area is 474 Å². The van der Waals surface area contributed by atoms with Crippen LogP contribution in [0.2, 0.25) is 0 Å². The van der Waals surface area contributed by atoms with Gasteiger partial charge in [-0.25, -0.2) is 28.7 Å². The number of rotatable bonds is 10. The summed E-state index contributed by atoms with van der Waals surface area (Å²) in [4.78, 5) is 26.0. The molecule has 416 valence electrons. The predicted octanol–water partition coefficient (Wildman–Crippen LogP) is 12.2. The number of benzene rings is 2. The summed E-state index contributed by atoms with van der Waals surface area (Å²) in [6.45, 7) is 35.1. The fourth-order valence-electron chi connectivity index (χ4n) is 8.83. The van der Waals surface area contributed by atoms with Crippen LogP contribution in [-0.2, 0) is 45.3 Å². The Hall–Kier alpha value is -5.89. The molecule has 2 aliphatic heterocycles. The smallest absolute Gasteiger partial charge is 0.399 e. The lowest BCUT2D eigenvalue weighted by Crippen LogP contribution is -2.49.